The topological polar surface area (TPSA) is 47.7 Å². The first-order chi connectivity index (χ1) is 8.72. The minimum atomic E-state index is 0.689. The summed E-state index contributed by atoms with van der Waals surface area (Å²) in [5.74, 6) is 1.43. The minimum Gasteiger partial charge on any atom is -0.495 e. The maximum atomic E-state index is 6.11. The molecule has 100 valence electrons. The van der Waals surface area contributed by atoms with Gasteiger partial charge in [-0.1, -0.05) is 6.07 Å². The lowest BCUT2D eigenvalue weighted by Crippen LogP contribution is -2.30. The Bertz CT molecular complexity index is 389. The van der Waals surface area contributed by atoms with Crippen LogP contribution in [0.25, 0.3) is 0 Å². The zero-order valence-corrected chi connectivity index (χ0v) is 11.2. The molecule has 1 fully saturated rings. The summed E-state index contributed by atoms with van der Waals surface area (Å²) in [6, 6.07) is 5.91. The molecule has 2 N–H and O–H groups in total. The molecular weight excluding hydrogens is 228 g/mol. The maximum absolute atomic E-state index is 6.11. The summed E-state index contributed by atoms with van der Waals surface area (Å²) in [7, 11) is 3.73. The van der Waals surface area contributed by atoms with Gasteiger partial charge in [0.15, 0.2) is 0 Å². The Hall–Kier alpha value is -1.42. The van der Waals surface area contributed by atoms with E-state index in [-0.39, 0.29) is 0 Å². The van der Waals surface area contributed by atoms with Crippen molar-refractivity contribution in [3.8, 4) is 5.75 Å². The number of anilines is 2. The van der Waals surface area contributed by atoms with Crippen LogP contribution in [0.2, 0.25) is 0 Å². The van der Waals surface area contributed by atoms with Gasteiger partial charge >= 0.3 is 0 Å². The average molecular weight is 250 g/mol. The highest BCUT2D eigenvalue weighted by Gasteiger charge is 2.17. The largest absolute Gasteiger partial charge is 0.495 e. The summed E-state index contributed by atoms with van der Waals surface area (Å²) in [6.07, 6.45) is 2.27. The molecule has 18 heavy (non-hydrogen) atoms. The van der Waals surface area contributed by atoms with Gasteiger partial charge in [0.25, 0.3) is 0 Å². The third kappa shape index (κ3) is 2.88. The van der Waals surface area contributed by atoms with Crippen LogP contribution >= 0.6 is 0 Å². The fraction of sp³-hybridized carbons (Fsp3) is 0.571. The molecule has 4 nitrogen and oxygen atoms in total. The first-order valence-electron chi connectivity index (χ1n) is 6.43. The molecule has 0 amide bonds. The zero-order chi connectivity index (χ0) is 13.0. The molecule has 1 aromatic rings. The molecule has 0 bridgehead atoms. The molecule has 0 radical (unpaired) electrons. The molecule has 1 saturated heterocycles. The molecule has 0 aromatic heterocycles. The van der Waals surface area contributed by atoms with Crippen molar-refractivity contribution in [1.29, 1.82) is 0 Å². The monoisotopic (exact) mass is 250 g/mol. The maximum Gasteiger partial charge on any atom is 0.143 e. The first kappa shape index (κ1) is 13.0. The Balaban J connectivity index is 2.05. The van der Waals surface area contributed by atoms with Crippen LogP contribution in [0.5, 0.6) is 5.75 Å². The molecule has 1 aromatic carbocycles. The van der Waals surface area contributed by atoms with Crippen LogP contribution in [-0.4, -0.2) is 33.9 Å². The molecule has 0 unspecified atom stereocenters. The lowest BCUT2D eigenvalue weighted by molar-refractivity contribution is 0.0685. The molecule has 1 aliphatic rings. The van der Waals surface area contributed by atoms with Crippen LogP contribution < -0.4 is 15.4 Å². The normalized spacial score (nSPS) is 16.6. The van der Waals surface area contributed by atoms with Gasteiger partial charge in [0.1, 0.15) is 5.75 Å². The number of nitrogen functional groups attached to an aromatic ring is 1. The smallest absolute Gasteiger partial charge is 0.143 e. The number of nitrogens with two attached hydrogens (primary N) is 1. The van der Waals surface area contributed by atoms with Crippen molar-refractivity contribution < 1.29 is 9.47 Å². The SMILES string of the molecule is COc1cccc(N(C)CC2CCOCC2)c1N. The van der Waals surface area contributed by atoms with Crippen LogP contribution in [0.1, 0.15) is 12.8 Å². The Kier molecular flexibility index (Phi) is 4.31. The number of rotatable bonds is 4. The van der Waals surface area contributed by atoms with Gasteiger partial charge in [-0.3, -0.25) is 0 Å². The van der Waals surface area contributed by atoms with E-state index < -0.39 is 0 Å². The van der Waals surface area contributed by atoms with E-state index in [1.165, 1.54) is 0 Å². The second kappa shape index (κ2) is 5.96. The second-order valence-electron chi connectivity index (χ2n) is 4.83. The minimum absolute atomic E-state index is 0.689. The second-order valence-corrected chi connectivity index (χ2v) is 4.83. The van der Waals surface area contributed by atoms with Gasteiger partial charge in [-0.15, -0.1) is 0 Å². The van der Waals surface area contributed by atoms with E-state index in [9.17, 15) is 0 Å². The number of methoxy groups -OCH3 is 1. The van der Waals surface area contributed by atoms with Gasteiger partial charge in [0, 0.05) is 26.8 Å². The number of para-hydroxylation sites is 1. The molecular formula is C14H22N2O2. The van der Waals surface area contributed by atoms with Gasteiger partial charge in [-0.25, -0.2) is 0 Å². The number of nitrogens with zero attached hydrogens (tertiary/aromatic N) is 1. The molecule has 1 heterocycles. The predicted molar refractivity (Wildman–Crippen MR) is 74.2 cm³/mol. The summed E-state index contributed by atoms with van der Waals surface area (Å²) < 4.78 is 10.6. The molecule has 1 aliphatic heterocycles. The predicted octanol–water partition coefficient (Wildman–Crippen LogP) is 2.14. The van der Waals surface area contributed by atoms with Gasteiger partial charge in [-0.2, -0.15) is 0 Å². The van der Waals surface area contributed by atoms with Crippen molar-refractivity contribution in [1.82, 2.24) is 0 Å². The Morgan fingerprint density at radius 2 is 2.11 bits per heavy atom. The highest BCUT2D eigenvalue weighted by Crippen LogP contribution is 2.32. The summed E-state index contributed by atoms with van der Waals surface area (Å²) in [6.45, 7) is 2.78. The van der Waals surface area contributed by atoms with Crippen molar-refractivity contribution >= 4 is 11.4 Å². The van der Waals surface area contributed by atoms with Crippen molar-refractivity contribution in [2.45, 2.75) is 12.8 Å². The first-order valence-corrected chi connectivity index (χ1v) is 6.43. The van der Waals surface area contributed by atoms with E-state index in [1.807, 2.05) is 18.2 Å². The Morgan fingerprint density at radius 1 is 1.39 bits per heavy atom. The quantitative estimate of drug-likeness (QED) is 0.832. The van der Waals surface area contributed by atoms with Gasteiger partial charge in [0.2, 0.25) is 0 Å². The van der Waals surface area contributed by atoms with E-state index >= 15 is 0 Å². The number of hydrogen-bond donors (Lipinski definition) is 1. The van der Waals surface area contributed by atoms with Crippen molar-refractivity contribution in [3.63, 3.8) is 0 Å². The van der Waals surface area contributed by atoms with Crippen LogP contribution in [0.3, 0.4) is 0 Å². The molecule has 4 heteroatoms. The van der Waals surface area contributed by atoms with Crippen LogP contribution in [0.15, 0.2) is 18.2 Å². The fourth-order valence-corrected chi connectivity index (χ4v) is 2.46. The zero-order valence-electron chi connectivity index (χ0n) is 11.2. The van der Waals surface area contributed by atoms with Gasteiger partial charge in [-0.05, 0) is 30.9 Å². The van der Waals surface area contributed by atoms with Crippen molar-refractivity contribution in [3.05, 3.63) is 18.2 Å². The number of ether oxygens (including phenoxy) is 2. The number of benzene rings is 1. The van der Waals surface area contributed by atoms with E-state index in [1.54, 1.807) is 7.11 Å². The number of hydrogen-bond acceptors (Lipinski definition) is 4. The summed E-state index contributed by atoms with van der Waals surface area (Å²) in [4.78, 5) is 2.22. The van der Waals surface area contributed by atoms with E-state index in [0.717, 1.165) is 49.7 Å². The van der Waals surface area contributed by atoms with Crippen LogP contribution in [0.4, 0.5) is 11.4 Å². The molecule has 0 spiro atoms. The molecule has 2 rings (SSSR count). The van der Waals surface area contributed by atoms with E-state index in [4.69, 9.17) is 15.2 Å². The summed E-state index contributed by atoms with van der Waals surface area (Å²) >= 11 is 0. The third-order valence-corrected chi connectivity index (χ3v) is 3.55. The molecule has 0 atom stereocenters. The highest BCUT2D eigenvalue weighted by atomic mass is 16.5. The lowest BCUT2D eigenvalue weighted by Gasteiger charge is -2.29. The van der Waals surface area contributed by atoms with E-state index in [0.29, 0.717) is 5.92 Å². The third-order valence-electron chi connectivity index (χ3n) is 3.55. The molecule has 0 aliphatic carbocycles. The van der Waals surface area contributed by atoms with Gasteiger partial charge < -0.3 is 20.1 Å². The average Bonchev–Trinajstić information content (AvgIpc) is 2.40. The highest BCUT2D eigenvalue weighted by molar-refractivity contribution is 5.73. The van der Waals surface area contributed by atoms with Crippen LogP contribution in [-0.2, 0) is 4.74 Å². The van der Waals surface area contributed by atoms with E-state index in [2.05, 4.69) is 11.9 Å². The van der Waals surface area contributed by atoms with Crippen molar-refractivity contribution in [2.24, 2.45) is 5.92 Å². The van der Waals surface area contributed by atoms with Crippen LogP contribution in [0, 0.1) is 5.92 Å². The van der Waals surface area contributed by atoms with Gasteiger partial charge in [0.05, 0.1) is 18.5 Å². The summed E-state index contributed by atoms with van der Waals surface area (Å²) in [5, 5.41) is 0. The Labute approximate surface area is 109 Å². The van der Waals surface area contributed by atoms with Crippen molar-refractivity contribution in [2.75, 3.05) is 44.5 Å². The standard InChI is InChI=1S/C14H22N2O2/c1-16(10-11-6-8-18-9-7-11)12-4-3-5-13(17-2)14(12)15/h3-5,11H,6-10,15H2,1-2H3. The fourth-order valence-electron chi connectivity index (χ4n) is 2.46. The Morgan fingerprint density at radius 3 is 2.78 bits per heavy atom. The summed E-state index contributed by atoms with van der Waals surface area (Å²) in [5.41, 5.74) is 7.87. The molecule has 0 saturated carbocycles. The lowest BCUT2D eigenvalue weighted by atomic mass is 9.99.